The number of halogens is 2. The predicted octanol–water partition coefficient (Wildman–Crippen LogP) is 4.02. The summed E-state index contributed by atoms with van der Waals surface area (Å²) < 4.78 is 1.15. The molecule has 0 heterocycles. The fourth-order valence-corrected chi connectivity index (χ4v) is 1.57. The molecule has 2 heteroatoms. The highest BCUT2D eigenvalue weighted by Gasteiger charge is 2.00. The summed E-state index contributed by atoms with van der Waals surface area (Å²) >= 11 is 6.90. The molecule has 0 saturated heterocycles. The quantitative estimate of drug-likeness (QED) is 0.738. The molecule has 1 aromatic rings. The zero-order chi connectivity index (χ0) is 8.97. The Balaban J connectivity index is 2.58. The summed E-state index contributed by atoms with van der Waals surface area (Å²) in [4.78, 5) is 0. The van der Waals surface area contributed by atoms with Gasteiger partial charge in [0.1, 0.15) is 0 Å². The largest absolute Gasteiger partial charge is 0.0925 e. The lowest BCUT2D eigenvalue weighted by molar-refractivity contribution is 0.663. The molecular formula is C10H12Br2. The monoisotopic (exact) mass is 290 g/mol. The van der Waals surface area contributed by atoms with Crippen LogP contribution < -0.4 is 0 Å². The Morgan fingerprint density at radius 1 is 1.25 bits per heavy atom. The van der Waals surface area contributed by atoms with Gasteiger partial charge < -0.3 is 0 Å². The third kappa shape index (κ3) is 3.28. The van der Waals surface area contributed by atoms with Crippen molar-refractivity contribution in [1.82, 2.24) is 0 Å². The van der Waals surface area contributed by atoms with E-state index in [2.05, 4.69) is 63.0 Å². The first-order valence-corrected chi connectivity index (χ1v) is 5.94. The van der Waals surface area contributed by atoms with E-state index < -0.39 is 0 Å². The predicted molar refractivity (Wildman–Crippen MR) is 60.8 cm³/mol. The first-order valence-electron chi connectivity index (χ1n) is 4.03. The summed E-state index contributed by atoms with van der Waals surface area (Å²) in [5.74, 6) is 0.714. The molecule has 0 aliphatic rings. The van der Waals surface area contributed by atoms with Gasteiger partial charge in [0.25, 0.3) is 0 Å². The number of rotatable bonds is 3. The molecule has 0 spiro atoms. The first-order chi connectivity index (χ1) is 5.72. The Morgan fingerprint density at radius 3 is 2.33 bits per heavy atom. The molecule has 66 valence electrons. The van der Waals surface area contributed by atoms with E-state index >= 15 is 0 Å². The molecular weight excluding hydrogens is 280 g/mol. The van der Waals surface area contributed by atoms with Crippen LogP contribution in [0.3, 0.4) is 0 Å². The molecule has 0 bridgehead atoms. The van der Waals surface area contributed by atoms with Crippen LogP contribution in [0.1, 0.15) is 12.5 Å². The molecule has 1 unspecified atom stereocenters. The number of hydrogen-bond donors (Lipinski definition) is 0. The molecule has 0 nitrogen and oxygen atoms in total. The van der Waals surface area contributed by atoms with Crippen molar-refractivity contribution >= 4 is 31.9 Å². The van der Waals surface area contributed by atoms with Crippen LogP contribution in [0.2, 0.25) is 0 Å². The van der Waals surface area contributed by atoms with Crippen LogP contribution in [0, 0.1) is 5.92 Å². The van der Waals surface area contributed by atoms with Crippen LogP contribution in [-0.2, 0) is 6.42 Å². The van der Waals surface area contributed by atoms with Crippen LogP contribution in [0.25, 0.3) is 0 Å². The van der Waals surface area contributed by atoms with E-state index in [1.165, 1.54) is 5.56 Å². The van der Waals surface area contributed by atoms with E-state index in [1.54, 1.807) is 0 Å². The topological polar surface area (TPSA) is 0 Å². The van der Waals surface area contributed by atoms with E-state index in [9.17, 15) is 0 Å². The molecule has 0 N–H and O–H groups in total. The fraction of sp³-hybridized carbons (Fsp3) is 0.400. The van der Waals surface area contributed by atoms with Gasteiger partial charge in [-0.3, -0.25) is 0 Å². The highest BCUT2D eigenvalue weighted by Crippen LogP contribution is 2.14. The van der Waals surface area contributed by atoms with E-state index in [0.717, 1.165) is 16.2 Å². The highest BCUT2D eigenvalue weighted by atomic mass is 79.9. The summed E-state index contributed by atoms with van der Waals surface area (Å²) in [6.07, 6.45) is 1.15. The minimum absolute atomic E-state index is 0.714. The third-order valence-electron chi connectivity index (χ3n) is 1.76. The van der Waals surface area contributed by atoms with Gasteiger partial charge in [0.2, 0.25) is 0 Å². The maximum absolute atomic E-state index is 3.48. The molecule has 1 aromatic carbocycles. The first kappa shape index (κ1) is 10.3. The summed E-state index contributed by atoms with van der Waals surface area (Å²) in [5.41, 5.74) is 1.41. The third-order valence-corrected chi connectivity index (χ3v) is 3.39. The highest BCUT2D eigenvalue weighted by molar-refractivity contribution is 9.10. The molecule has 0 saturated carbocycles. The molecule has 0 amide bonds. The van der Waals surface area contributed by atoms with E-state index in [1.807, 2.05) is 0 Å². The second kappa shape index (κ2) is 5.03. The SMILES string of the molecule is CC(CBr)Cc1ccc(Br)cc1. The average Bonchev–Trinajstić information content (AvgIpc) is 2.09. The molecule has 0 aliphatic heterocycles. The molecule has 0 fully saturated rings. The minimum atomic E-state index is 0.714. The van der Waals surface area contributed by atoms with Gasteiger partial charge in [-0.25, -0.2) is 0 Å². The second-order valence-electron chi connectivity index (χ2n) is 3.09. The molecule has 1 rings (SSSR count). The minimum Gasteiger partial charge on any atom is -0.0925 e. The molecule has 1 atom stereocenters. The Bertz CT molecular complexity index is 228. The van der Waals surface area contributed by atoms with Crippen molar-refractivity contribution in [1.29, 1.82) is 0 Å². The van der Waals surface area contributed by atoms with Gasteiger partial charge in [0.05, 0.1) is 0 Å². The van der Waals surface area contributed by atoms with Gasteiger partial charge >= 0.3 is 0 Å². The fourth-order valence-electron chi connectivity index (χ4n) is 1.08. The van der Waals surface area contributed by atoms with Crippen molar-refractivity contribution in [2.24, 2.45) is 5.92 Å². The number of hydrogen-bond acceptors (Lipinski definition) is 0. The standard InChI is InChI=1S/C10H12Br2/c1-8(7-11)6-9-2-4-10(12)5-3-9/h2-5,8H,6-7H2,1H3. The van der Waals surface area contributed by atoms with Gasteiger partial charge in [-0.1, -0.05) is 50.9 Å². The Kier molecular flexibility index (Phi) is 4.30. The normalized spacial score (nSPS) is 12.9. The summed E-state index contributed by atoms with van der Waals surface area (Å²) in [6.45, 7) is 2.25. The number of benzene rings is 1. The maximum atomic E-state index is 3.48. The Morgan fingerprint density at radius 2 is 1.83 bits per heavy atom. The van der Waals surface area contributed by atoms with Crippen molar-refractivity contribution in [3.05, 3.63) is 34.3 Å². The zero-order valence-corrected chi connectivity index (χ0v) is 10.2. The van der Waals surface area contributed by atoms with E-state index in [0.29, 0.717) is 5.92 Å². The van der Waals surface area contributed by atoms with Crippen LogP contribution in [0.4, 0.5) is 0 Å². The second-order valence-corrected chi connectivity index (χ2v) is 4.65. The van der Waals surface area contributed by atoms with Gasteiger partial charge in [-0.2, -0.15) is 0 Å². The van der Waals surface area contributed by atoms with Gasteiger partial charge in [0.15, 0.2) is 0 Å². The Labute approximate surface area is 90.6 Å². The molecule has 0 aliphatic carbocycles. The number of alkyl halides is 1. The van der Waals surface area contributed by atoms with E-state index in [4.69, 9.17) is 0 Å². The molecule has 0 radical (unpaired) electrons. The summed E-state index contributed by atoms with van der Waals surface area (Å²) in [7, 11) is 0. The Hall–Kier alpha value is 0.180. The van der Waals surface area contributed by atoms with Crippen molar-refractivity contribution in [2.75, 3.05) is 5.33 Å². The zero-order valence-electron chi connectivity index (χ0n) is 7.06. The summed E-state index contributed by atoms with van der Waals surface area (Å²) in [6, 6.07) is 8.53. The van der Waals surface area contributed by atoms with Crippen molar-refractivity contribution in [3.63, 3.8) is 0 Å². The maximum Gasteiger partial charge on any atom is 0.0175 e. The van der Waals surface area contributed by atoms with Crippen molar-refractivity contribution < 1.29 is 0 Å². The van der Waals surface area contributed by atoms with Crippen LogP contribution in [0.5, 0.6) is 0 Å². The smallest absolute Gasteiger partial charge is 0.0175 e. The van der Waals surface area contributed by atoms with Gasteiger partial charge in [-0.15, -0.1) is 0 Å². The van der Waals surface area contributed by atoms with Gasteiger partial charge in [0, 0.05) is 9.80 Å². The van der Waals surface area contributed by atoms with Crippen LogP contribution in [-0.4, -0.2) is 5.33 Å². The molecule has 0 aromatic heterocycles. The summed E-state index contributed by atoms with van der Waals surface area (Å²) in [5, 5.41) is 1.07. The van der Waals surface area contributed by atoms with Gasteiger partial charge in [-0.05, 0) is 30.0 Å². The van der Waals surface area contributed by atoms with Crippen molar-refractivity contribution in [2.45, 2.75) is 13.3 Å². The van der Waals surface area contributed by atoms with Crippen LogP contribution in [0.15, 0.2) is 28.7 Å². The average molecular weight is 292 g/mol. The lowest BCUT2D eigenvalue weighted by atomic mass is 10.0. The lowest BCUT2D eigenvalue weighted by Gasteiger charge is -2.06. The van der Waals surface area contributed by atoms with E-state index in [-0.39, 0.29) is 0 Å². The molecule has 12 heavy (non-hydrogen) atoms. The lowest BCUT2D eigenvalue weighted by Crippen LogP contribution is -1.99. The van der Waals surface area contributed by atoms with Crippen molar-refractivity contribution in [3.8, 4) is 0 Å². The van der Waals surface area contributed by atoms with Crippen LogP contribution >= 0.6 is 31.9 Å².